The van der Waals surface area contributed by atoms with Crippen LogP contribution in [-0.2, 0) is 19.4 Å². The van der Waals surface area contributed by atoms with Crippen LogP contribution in [0.2, 0.25) is 5.02 Å². The maximum atomic E-state index is 5.97. The second kappa shape index (κ2) is 5.44. The molecule has 96 valence electrons. The van der Waals surface area contributed by atoms with Crippen molar-refractivity contribution < 1.29 is 0 Å². The van der Waals surface area contributed by atoms with Crippen molar-refractivity contribution in [3.8, 4) is 0 Å². The maximum absolute atomic E-state index is 5.97. The molecule has 0 unspecified atom stereocenters. The molecule has 0 radical (unpaired) electrons. The summed E-state index contributed by atoms with van der Waals surface area (Å²) in [4.78, 5) is 0. The van der Waals surface area contributed by atoms with E-state index in [2.05, 4.69) is 25.0 Å². The maximum Gasteiger partial charge on any atom is 0.0682 e. The molecule has 2 rings (SSSR count). The summed E-state index contributed by atoms with van der Waals surface area (Å²) in [7, 11) is 0. The van der Waals surface area contributed by atoms with E-state index >= 15 is 0 Å². The lowest BCUT2D eigenvalue weighted by molar-refractivity contribution is 0.641. The third-order valence-electron chi connectivity index (χ3n) is 3.07. The zero-order chi connectivity index (χ0) is 13.1. The number of aryl methyl sites for hydroxylation is 2. The normalized spacial score (nSPS) is 10.8. The summed E-state index contributed by atoms with van der Waals surface area (Å²) in [6.45, 7) is 4.95. The second-order valence-electron chi connectivity index (χ2n) is 4.33. The predicted octanol–water partition coefficient (Wildman–Crippen LogP) is 3.29. The number of aromatic nitrogens is 2. The van der Waals surface area contributed by atoms with Crippen LogP contribution in [0.15, 0.2) is 24.3 Å². The zero-order valence-electron chi connectivity index (χ0n) is 10.8. The Balaban J connectivity index is 2.30. The minimum atomic E-state index is 0.668. The second-order valence-corrected chi connectivity index (χ2v) is 4.77. The molecule has 1 aromatic heterocycles. The minimum absolute atomic E-state index is 0.668. The van der Waals surface area contributed by atoms with Gasteiger partial charge in [0.2, 0.25) is 0 Å². The molecule has 0 aliphatic carbocycles. The van der Waals surface area contributed by atoms with Gasteiger partial charge in [0.15, 0.2) is 0 Å². The van der Waals surface area contributed by atoms with Crippen LogP contribution in [0.4, 0.5) is 5.69 Å². The van der Waals surface area contributed by atoms with Crippen LogP contribution in [0.5, 0.6) is 0 Å². The Morgan fingerprint density at radius 3 is 2.61 bits per heavy atom. The molecule has 0 spiro atoms. The van der Waals surface area contributed by atoms with E-state index < -0.39 is 0 Å². The SMILES string of the molecule is CCc1cc(CC)n(Cc2ccc(Cl)cc2N)n1. The standard InChI is InChI=1S/C14H18ClN3/c1-3-12-8-13(4-2)18(17-12)9-10-5-6-11(15)7-14(10)16/h5-8H,3-4,9,16H2,1-2H3. The molecule has 2 aromatic rings. The van der Waals surface area contributed by atoms with Gasteiger partial charge in [0, 0.05) is 16.4 Å². The number of anilines is 1. The van der Waals surface area contributed by atoms with Crippen molar-refractivity contribution in [3.05, 3.63) is 46.2 Å². The van der Waals surface area contributed by atoms with E-state index in [0.29, 0.717) is 11.6 Å². The Bertz CT molecular complexity index is 546. The highest BCUT2D eigenvalue weighted by Gasteiger charge is 2.07. The monoisotopic (exact) mass is 263 g/mol. The van der Waals surface area contributed by atoms with Crippen molar-refractivity contribution in [3.63, 3.8) is 0 Å². The van der Waals surface area contributed by atoms with Crippen LogP contribution in [0.25, 0.3) is 0 Å². The number of nitrogens with zero attached hydrogens (tertiary/aromatic N) is 2. The fourth-order valence-corrected chi connectivity index (χ4v) is 2.16. The van der Waals surface area contributed by atoms with Crippen LogP contribution < -0.4 is 5.73 Å². The van der Waals surface area contributed by atoms with Crippen molar-refractivity contribution in [2.45, 2.75) is 33.2 Å². The van der Waals surface area contributed by atoms with Gasteiger partial charge in [0.05, 0.1) is 12.2 Å². The first-order valence-corrected chi connectivity index (χ1v) is 6.61. The Morgan fingerprint density at radius 1 is 1.22 bits per heavy atom. The first-order valence-electron chi connectivity index (χ1n) is 6.23. The predicted molar refractivity (Wildman–Crippen MR) is 75.9 cm³/mol. The zero-order valence-corrected chi connectivity index (χ0v) is 11.5. The molecule has 1 heterocycles. The van der Waals surface area contributed by atoms with Gasteiger partial charge in [-0.3, -0.25) is 4.68 Å². The van der Waals surface area contributed by atoms with Crippen LogP contribution >= 0.6 is 11.6 Å². The Kier molecular flexibility index (Phi) is 3.92. The molecule has 0 saturated carbocycles. The van der Waals surface area contributed by atoms with Gasteiger partial charge in [-0.2, -0.15) is 5.10 Å². The van der Waals surface area contributed by atoms with E-state index in [0.717, 1.165) is 29.8 Å². The summed E-state index contributed by atoms with van der Waals surface area (Å²) in [6, 6.07) is 7.77. The Hall–Kier alpha value is -1.48. The molecular formula is C14H18ClN3. The fraction of sp³-hybridized carbons (Fsp3) is 0.357. The van der Waals surface area contributed by atoms with Crippen molar-refractivity contribution in [1.82, 2.24) is 9.78 Å². The van der Waals surface area contributed by atoms with E-state index in [1.165, 1.54) is 5.69 Å². The topological polar surface area (TPSA) is 43.8 Å². The molecule has 2 N–H and O–H groups in total. The lowest BCUT2D eigenvalue weighted by Gasteiger charge is -2.09. The number of benzene rings is 1. The van der Waals surface area contributed by atoms with Crippen molar-refractivity contribution in [2.75, 3.05) is 5.73 Å². The highest BCUT2D eigenvalue weighted by Crippen LogP contribution is 2.19. The highest BCUT2D eigenvalue weighted by molar-refractivity contribution is 6.30. The molecule has 0 saturated heterocycles. The molecular weight excluding hydrogens is 246 g/mol. The van der Waals surface area contributed by atoms with Crippen LogP contribution in [0, 0.1) is 0 Å². The van der Waals surface area contributed by atoms with Crippen LogP contribution in [0.1, 0.15) is 30.8 Å². The summed E-state index contributed by atoms with van der Waals surface area (Å²) in [6.07, 6.45) is 1.93. The van der Waals surface area contributed by atoms with E-state index in [1.807, 2.05) is 16.8 Å². The van der Waals surface area contributed by atoms with E-state index in [-0.39, 0.29) is 0 Å². The number of hydrogen-bond acceptors (Lipinski definition) is 2. The summed E-state index contributed by atoms with van der Waals surface area (Å²) >= 11 is 5.90. The average Bonchev–Trinajstić information content (AvgIpc) is 2.75. The molecule has 0 aliphatic heterocycles. The molecule has 0 fully saturated rings. The van der Waals surface area contributed by atoms with Crippen LogP contribution in [0.3, 0.4) is 0 Å². The van der Waals surface area contributed by atoms with Gasteiger partial charge in [-0.15, -0.1) is 0 Å². The van der Waals surface area contributed by atoms with E-state index in [9.17, 15) is 0 Å². The minimum Gasteiger partial charge on any atom is -0.398 e. The quantitative estimate of drug-likeness (QED) is 0.861. The molecule has 3 nitrogen and oxygen atoms in total. The van der Waals surface area contributed by atoms with Gasteiger partial charge in [0.25, 0.3) is 0 Å². The summed E-state index contributed by atoms with van der Waals surface area (Å²) < 4.78 is 2.03. The van der Waals surface area contributed by atoms with Gasteiger partial charge < -0.3 is 5.73 Å². The molecule has 0 aliphatic rings. The number of nitrogens with two attached hydrogens (primary N) is 1. The highest BCUT2D eigenvalue weighted by atomic mass is 35.5. The molecule has 18 heavy (non-hydrogen) atoms. The number of hydrogen-bond donors (Lipinski definition) is 1. The summed E-state index contributed by atoms with van der Waals surface area (Å²) in [5, 5.41) is 5.25. The lowest BCUT2D eigenvalue weighted by atomic mass is 10.2. The van der Waals surface area contributed by atoms with Crippen molar-refractivity contribution >= 4 is 17.3 Å². The molecule has 0 amide bonds. The molecule has 0 bridgehead atoms. The Labute approximate surface area is 113 Å². The number of halogens is 1. The third kappa shape index (κ3) is 2.67. The molecule has 1 aromatic carbocycles. The van der Waals surface area contributed by atoms with Crippen LogP contribution in [-0.4, -0.2) is 9.78 Å². The number of rotatable bonds is 4. The third-order valence-corrected chi connectivity index (χ3v) is 3.30. The first-order chi connectivity index (χ1) is 8.63. The molecule has 0 atom stereocenters. The Morgan fingerprint density at radius 2 is 2.00 bits per heavy atom. The smallest absolute Gasteiger partial charge is 0.0682 e. The summed E-state index contributed by atoms with van der Waals surface area (Å²) in [5.41, 5.74) is 10.1. The first kappa shape index (κ1) is 13.0. The average molecular weight is 264 g/mol. The summed E-state index contributed by atoms with van der Waals surface area (Å²) in [5.74, 6) is 0. The van der Waals surface area contributed by atoms with Crippen molar-refractivity contribution in [1.29, 1.82) is 0 Å². The fourth-order valence-electron chi connectivity index (χ4n) is 1.98. The van der Waals surface area contributed by atoms with Crippen molar-refractivity contribution in [2.24, 2.45) is 0 Å². The largest absolute Gasteiger partial charge is 0.398 e. The number of nitrogen functional groups attached to an aromatic ring is 1. The van der Waals surface area contributed by atoms with Gasteiger partial charge in [-0.1, -0.05) is 31.5 Å². The van der Waals surface area contributed by atoms with Gasteiger partial charge in [0.1, 0.15) is 0 Å². The van der Waals surface area contributed by atoms with Gasteiger partial charge in [-0.25, -0.2) is 0 Å². The molecule has 4 heteroatoms. The van der Waals surface area contributed by atoms with E-state index in [1.54, 1.807) is 6.07 Å². The van der Waals surface area contributed by atoms with Gasteiger partial charge in [-0.05, 0) is 36.6 Å². The van der Waals surface area contributed by atoms with E-state index in [4.69, 9.17) is 17.3 Å². The van der Waals surface area contributed by atoms with Gasteiger partial charge >= 0.3 is 0 Å². The lowest BCUT2D eigenvalue weighted by Crippen LogP contribution is -2.08.